The monoisotopic (exact) mass is 1020 g/mol. The third-order valence-electron chi connectivity index (χ3n) is 13.8. The normalized spacial score (nSPS) is 14.2. The van der Waals surface area contributed by atoms with E-state index in [1.165, 1.54) is 193 Å². The van der Waals surface area contributed by atoms with Gasteiger partial charge in [0.2, 0.25) is 5.91 Å². The molecule has 0 aliphatic heterocycles. The van der Waals surface area contributed by atoms with Gasteiger partial charge in [0.15, 0.2) is 0 Å². The average Bonchev–Trinajstić information content (AvgIpc) is 3.33. The number of likely N-dealkylation sites (N-methyl/N-ethyl adjacent to an activating group) is 1. The molecule has 8 nitrogen and oxygen atoms in total. The molecule has 0 aromatic rings. The second-order valence-corrected chi connectivity index (χ2v) is 23.4. The highest BCUT2D eigenvalue weighted by atomic mass is 31.2. The molecule has 9 heteroatoms. The van der Waals surface area contributed by atoms with Gasteiger partial charge in [0.05, 0.1) is 39.9 Å². The van der Waals surface area contributed by atoms with E-state index in [9.17, 15) is 19.4 Å². The van der Waals surface area contributed by atoms with Crippen LogP contribution >= 0.6 is 7.82 Å². The van der Waals surface area contributed by atoms with Crippen LogP contribution in [0.5, 0.6) is 0 Å². The molecule has 0 saturated carbocycles. The zero-order valence-corrected chi connectivity index (χ0v) is 48.6. The number of nitrogens with one attached hydrogen (secondary N) is 1. The van der Waals surface area contributed by atoms with Crippen LogP contribution in [0, 0.1) is 0 Å². The molecule has 0 aromatic carbocycles. The van der Waals surface area contributed by atoms with Crippen molar-refractivity contribution >= 4 is 13.7 Å². The number of allylic oxidation sites excluding steroid dienone is 8. The molecule has 0 bridgehead atoms. The van der Waals surface area contributed by atoms with E-state index >= 15 is 0 Å². The van der Waals surface area contributed by atoms with Crippen molar-refractivity contribution in [1.82, 2.24) is 5.32 Å². The second-order valence-electron chi connectivity index (χ2n) is 22.0. The SMILES string of the molecule is CC/C=C\C/C=C\C/C=C\C/C=C\CCCCCCCCCCC(=O)NC(COP(=O)([O-])OCC[N+](C)(C)C)C(O)CCCCCCCCCCCCCCCCCCCCCCCCCCCCCC. The average molecular weight is 1020 g/mol. The number of quaternary nitrogens is 1. The van der Waals surface area contributed by atoms with E-state index in [1.807, 2.05) is 21.1 Å². The molecule has 0 saturated heterocycles. The van der Waals surface area contributed by atoms with Crippen LogP contribution in [0.2, 0.25) is 0 Å². The van der Waals surface area contributed by atoms with E-state index in [0.29, 0.717) is 23.9 Å². The second kappa shape index (κ2) is 53.3. The molecule has 1 amide bonds. The molecule has 0 heterocycles. The maximum atomic E-state index is 13.0. The summed E-state index contributed by atoms with van der Waals surface area (Å²) in [6, 6.07) is -0.808. The van der Waals surface area contributed by atoms with Crippen LogP contribution < -0.4 is 10.2 Å². The topological polar surface area (TPSA) is 108 Å². The third kappa shape index (κ3) is 56.0. The van der Waals surface area contributed by atoms with E-state index in [4.69, 9.17) is 9.05 Å². The van der Waals surface area contributed by atoms with Gasteiger partial charge in [-0.25, -0.2) is 0 Å². The Bertz CT molecular complexity index is 1290. The number of unbranched alkanes of at least 4 members (excludes halogenated alkanes) is 35. The minimum absolute atomic E-state index is 0.00944. The maximum absolute atomic E-state index is 13.0. The smallest absolute Gasteiger partial charge is 0.268 e. The van der Waals surface area contributed by atoms with Gasteiger partial charge in [-0.3, -0.25) is 9.36 Å². The minimum Gasteiger partial charge on any atom is -0.756 e. The van der Waals surface area contributed by atoms with Crippen LogP contribution in [0.1, 0.15) is 290 Å². The molecule has 418 valence electrons. The molecule has 0 spiro atoms. The van der Waals surface area contributed by atoms with Crippen molar-refractivity contribution in [3.63, 3.8) is 0 Å². The highest BCUT2D eigenvalue weighted by Gasteiger charge is 2.24. The van der Waals surface area contributed by atoms with E-state index < -0.39 is 20.0 Å². The lowest BCUT2D eigenvalue weighted by atomic mass is 10.0. The fourth-order valence-electron chi connectivity index (χ4n) is 9.09. The quantitative estimate of drug-likeness (QED) is 0.0272. The van der Waals surface area contributed by atoms with Crippen LogP contribution in [0.25, 0.3) is 0 Å². The molecule has 0 fully saturated rings. The fraction of sp³-hybridized carbons (Fsp3) is 0.855. The predicted molar refractivity (Wildman–Crippen MR) is 307 cm³/mol. The highest BCUT2D eigenvalue weighted by molar-refractivity contribution is 7.45. The van der Waals surface area contributed by atoms with Crippen molar-refractivity contribution in [2.24, 2.45) is 0 Å². The molecule has 71 heavy (non-hydrogen) atoms. The molecule has 0 aromatic heterocycles. The molecule has 0 radical (unpaired) electrons. The van der Waals surface area contributed by atoms with Gasteiger partial charge >= 0.3 is 0 Å². The number of carbonyl (C=O) groups excluding carboxylic acids is 1. The van der Waals surface area contributed by atoms with Crippen molar-refractivity contribution in [2.75, 3.05) is 40.9 Å². The van der Waals surface area contributed by atoms with E-state index in [2.05, 4.69) is 67.8 Å². The molecular formula is C62H119N2O6P. The summed E-state index contributed by atoms with van der Waals surface area (Å²) in [5.74, 6) is -0.171. The van der Waals surface area contributed by atoms with Crippen LogP contribution in [-0.2, 0) is 18.4 Å². The van der Waals surface area contributed by atoms with Crippen molar-refractivity contribution in [3.05, 3.63) is 48.6 Å². The highest BCUT2D eigenvalue weighted by Crippen LogP contribution is 2.38. The number of carbonyl (C=O) groups is 1. The van der Waals surface area contributed by atoms with Crippen LogP contribution in [0.4, 0.5) is 0 Å². The molecule has 0 rings (SSSR count). The molecule has 0 aliphatic carbocycles. The lowest BCUT2D eigenvalue weighted by Gasteiger charge is -2.30. The summed E-state index contributed by atoms with van der Waals surface area (Å²) in [6.45, 7) is 4.64. The molecule has 0 aliphatic rings. The lowest BCUT2D eigenvalue weighted by molar-refractivity contribution is -0.870. The first-order valence-corrected chi connectivity index (χ1v) is 31.9. The molecule has 2 N–H and O–H groups in total. The van der Waals surface area contributed by atoms with Gasteiger partial charge in [-0.1, -0.05) is 281 Å². The number of phosphoric acid groups is 1. The van der Waals surface area contributed by atoms with Crippen molar-refractivity contribution < 1.29 is 32.9 Å². The van der Waals surface area contributed by atoms with E-state index in [1.54, 1.807) is 0 Å². The summed E-state index contributed by atoms with van der Waals surface area (Å²) >= 11 is 0. The van der Waals surface area contributed by atoms with Gasteiger partial charge < -0.3 is 28.8 Å². The van der Waals surface area contributed by atoms with Gasteiger partial charge in [-0.2, -0.15) is 0 Å². The molecule has 3 unspecified atom stereocenters. The fourth-order valence-corrected chi connectivity index (χ4v) is 9.82. The number of aliphatic hydroxyl groups excluding tert-OH is 1. The zero-order chi connectivity index (χ0) is 52.0. The number of amides is 1. The summed E-state index contributed by atoms with van der Waals surface area (Å²) in [7, 11) is 1.30. The number of hydrogen-bond donors (Lipinski definition) is 2. The summed E-state index contributed by atoms with van der Waals surface area (Å²) in [4.78, 5) is 25.6. The van der Waals surface area contributed by atoms with E-state index in [0.717, 1.165) is 70.6 Å². The number of nitrogens with zero attached hydrogens (tertiary/aromatic N) is 1. The summed E-state index contributed by atoms with van der Waals surface area (Å²) in [5, 5.41) is 14.0. The Labute approximate surface area is 441 Å². The first-order chi connectivity index (χ1) is 34.5. The molecule has 3 atom stereocenters. The number of hydrogen-bond acceptors (Lipinski definition) is 6. The van der Waals surface area contributed by atoms with Crippen LogP contribution in [0.15, 0.2) is 48.6 Å². The predicted octanol–water partition coefficient (Wildman–Crippen LogP) is 18.1. The van der Waals surface area contributed by atoms with Gasteiger partial charge in [0.25, 0.3) is 7.82 Å². The first-order valence-electron chi connectivity index (χ1n) is 30.5. The van der Waals surface area contributed by atoms with E-state index in [-0.39, 0.29) is 19.1 Å². The Kier molecular flexibility index (Phi) is 52.1. The molecular weight excluding hydrogens is 900 g/mol. The summed E-state index contributed by atoms with van der Waals surface area (Å²) in [5.41, 5.74) is 0. The van der Waals surface area contributed by atoms with Gasteiger partial charge in [-0.15, -0.1) is 0 Å². The third-order valence-corrected chi connectivity index (χ3v) is 14.8. The van der Waals surface area contributed by atoms with Gasteiger partial charge in [-0.05, 0) is 51.4 Å². The van der Waals surface area contributed by atoms with Crippen molar-refractivity contribution in [2.45, 2.75) is 302 Å². The standard InChI is InChI=1S/C62H119N2O6P/c1-6-8-10-12-14-16-18-20-22-24-26-28-29-30-31-32-33-34-36-37-39-41-43-45-47-49-51-53-55-61(65)60(59-70-71(67,68)69-58-57-64(3,4)5)63-62(66)56-54-52-50-48-46-44-42-40-38-35-27-25-23-21-19-17-15-13-11-9-7-2/h9,11,15,17,21,23,27,35,60-61,65H,6-8,10,12-14,16,18-20,22,24-26,28-34,36-59H2,1-5H3,(H-,63,66,67,68)/b11-9-,17-15-,23-21-,35-27-. The Morgan fingerprint density at radius 3 is 1.25 bits per heavy atom. The number of phosphoric ester groups is 1. The minimum atomic E-state index is -4.58. The van der Waals surface area contributed by atoms with Crippen molar-refractivity contribution in [3.8, 4) is 0 Å². The van der Waals surface area contributed by atoms with Gasteiger partial charge in [0.1, 0.15) is 13.2 Å². The van der Waals surface area contributed by atoms with Crippen LogP contribution in [-0.4, -0.2) is 68.5 Å². The largest absolute Gasteiger partial charge is 0.756 e. The summed E-state index contributed by atoms with van der Waals surface area (Å²) < 4.78 is 23.5. The number of aliphatic hydroxyl groups is 1. The lowest BCUT2D eigenvalue weighted by Crippen LogP contribution is -2.46. The first kappa shape index (κ1) is 69.5. The zero-order valence-electron chi connectivity index (χ0n) is 47.7. The Hall–Kier alpha value is -1.54. The Morgan fingerprint density at radius 1 is 0.507 bits per heavy atom. The Balaban J connectivity index is 4.12. The maximum Gasteiger partial charge on any atom is 0.268 e. The van der Waals surface area contributed by atoms with Crippen molar-refractivity contribution in [1.29, 1.82) is 0 Å². The summed E-state index contributed by atoms with van der Waals surface area (Å²) in [6.07, 6.45) is 70.1. The number of rotatable bonds is 56. The van der Waals surface area contributed by atoms with Gasteiger partial charge in [0, 0.05) is 6.42 Å². The van der Waals surface area contributed by atoms with Crippen LogP contribution in [0.3, 0.4) is 0 Å². The Morgan fingerprint density at radius 2 is 0.859 bits per heavy atom.